The molecule has 0 aliphatic rings. The number of ether oxygens (including phenoxy) is 1. The number of nitrogens with two attached hydrogens (primary N) is 1. The molecule has 0 fully saturated rings. The lowest BCUT2D eigenvalue weighted by Gasteiger charge is -2.19. The zero-order valence-corrected chi connectivity index (χ0v) is 10.4. The van der Waals surface area contributed by atoms with E-state index in [1.807, 2.05) is 13.0 Å². The van der Waals surface area contributed by atoms with E-state index in [1.165, 1.54) is 0 Å². The van der Waals surface area contributed by atoms with Gasteiger partial charge in [0.1, 0.15) is 5.75 Å². The molecular formula is C12H18ClNO2. The zero-order chi connectivity index (χ0) is 12.1. The van der Waals surface area contributed by atoms with Crippen LogP contribution in [0.25, 0.3) is 0 Å². The second-order valence-corrected chi connectivity index (χ2v) is 4.18. The quantitative estimate of drug-likeness (QED) is 0.836. The lowest BCUT2D eigenvalue weighted by atomic mass is 9.99. The predicted molar refractivity (Wildman–Crippen MR) is 65.8 cm³/mol. The Bertz CT molecular complexity index is 344. The van der Waals surface area contributed by atoms with Crippen LogP contribution in [0.3, 0.4) is 0 Å². The van der Waals surface area contributed by atoms with E-state index < -0.39 is 12.1 Å². The average Bonchev–Trinajstić information content (AvgIpc) is 2.29. The van der Waals surface area contributed by atoms with E-state index in [-0.39, 0.29) is 0 Å². The number of hydrogen-bond donors (Lipinski definition) is 2. The van der Waals surface area contributed by atoms with Gasteiger partial charge >= 0.3 is 0 Å². The topological polar surface area (TPSA) is 55.5 Å². The fourth-order valence-corrected chi connectivity index (χ4v) is 1.78. The van der Waals surface area contributed by atoms with E-state index >= 15 is 0 Å². The van der Waals surface area contributed by atoms with Gasteiger partial charge in [-0.15, -0.1) is 0 Å². The minimum absolute atomic E-state index is 0.397. The molecule has 2 atom stereocenters. The lowest BCUT2D eigenvalue weighted by molar-refractivity contribution is 0.134. The molecule has 0 spiro atoms. The highest BCUT2D eigenvalue weighted by molar-refractivity contribution is 6.32. The first-order valence-electron chi connectivity index (χ1n) is 5.37. The molecule has 4 heteroatoms. The van der Waals surface area contributed by atoms with Crippen molar-refractivity contribution in [3.63, 3.8) is 0 Å². The van der Waals surface area contributed by atoms with Crippen LogP contribution < -0.4 is 10.5 Å². The maximum absolute atomic E-state index is 9.81. The molecule has 3 nitrogen and oxygen atoms in total. The SMILES string of the molecule is CCC[C@H](O)[C@H](N)c1ccc(Cl)c(OC)c1. The van der Waals surface area contributed by atoms with E-state index in [1.54, 1.807) is 19.2 Å². The largest absolute Gasteiger partial charge is 0.495 e. The first-order chi connectivity index (χ1) is 7.60. The molecule has 0 bridgehead atoms. The van der Waals surface area contributed by atoms with E-state index in [2.05, 4.69) is 0 Å². The van der Waals surface area contributed by atoms with Gasteiger partial charge in [-0.3, -0.25) is 0 Å². The molecule has 0 saturated carbocycles. The second kappa shape index (κ2) is 6.09. The van der Waals surface area contributed by atoms with Gasteiger partial charge in [0.25, 0.3) is 0 Å². The van der Waals surface area contributed by atoms with Gasteiger partial charge in [0.2, 0.25) is 0 Å². The fourth-order valence-electron chi connectivity index (χ4n) is 1.58. The Labute approximate surface area is 101 Å². The van der Waals surface area contributed by atoms with Crippen molar-refractivity contribution in [2.45, 2.75) is 31.9 Å². The molecule has 0 heterocycles. The van der Waals surface area contributed by atoms with Gasteiger partial charge in [-0.1, -0.05) is 31.0 Å². The van der Waals surface area contributed by atoms with Crippen LogP contribution in [0, 0.1) is 0 Å². The number of halogens is 1. The molecule has 0 unspecified atom stereocenters. The van der Waals surface area contributed by atoms with Gasteiger partial charge in [0, 0.05) is 0 Å². The molecule has 0 saturated heterocycles. The van der Waals surface area contributed by atoms with E-state index in [0.29, 0.717) is 17.2 Å². The van der Waals surface area contributed by atoms with Gasteiger partial charge in [0.05, 0.1) is 24.3 Å². The van der Waals surface area contributed by atoms with Gasteiger partial charge in [-0.25, -0.2) is 0 Å². The minimum atomic E-state index is -0.532. The lowest BCUT2D eigenvalue weighted by Crippen LogP contribution is -2.25. The van der Waals surface area contributed by atoms with Crippen molar-refractivity contribution in [1.29, 1.82) is 0 Å². The first kappa shape index (κ1) is 13.3. The molecule has 0 aliphatic heterocycles. The third kappa shape index (κ3) is 3.11. The number of rotatable bonds is 5. The van der Waals surface area contributed by atoms with Crippen molar-refractivity contribution >= 4 is 11.6 Å². The molecule has 90 valence electrons. The van der Waals surface area contributed by atoms with Crippen LogP contribution in [-0.4, -0.2) is 18.3 Å². The summed E-state index contributed by atoms with van der Waals surface area (Å²) in [7, 11) is 1.55. The Morgan fingerprint density at radius 3 is 2.75 bits per heavy atom. The molecular weight excluding hydrogens is 226 g/mol. The summed E-state index contributed by atoms with van der Waals surface area (Å²) in [5.74, 6) is 0.582. The Morgan fingerprint density at radius 1 is 1.50 bits per heavy atom. The smallest absolute Gasteiger partial charge is 0.137 e. The summed E-state index contributed by atoms with van der Waals surface area (Å²) in [6.07, 6.45) is 1.06. The minimum Gasteiger partial charge on any atom is -0.495 e. The van der Waals surface area contributed by atoms with Crippen LogP contribution in [0.4, 0.5) is 0 Å². The molecule has 0 amide bonds. The zero-order valence-electron chi connectivity index (χ0n) is 9.61. The summed E-state index contributed by atoms with van der Waals surface area (Å²) in [6.45, 7) is 2.01. The van der Waals surface area contributed by atoms with Crippen molar-refractivity contribution in [2.75, 3.05) is 7.11 Å². The third-order valence-corrected chi connectivity index (χ3v) is 2.87. The van der Waals surface area contributed by atoms with Crippen molar-refractivity contribution in [3.05, 3.63) is 28.8 Å². The summed E-state index contributed by atoms with van der Waals surface area (Å²) >= 11 is 5.91. The molecule has 3 N–H and O–H groups in total. The van der Waals surface area contributed by atoms with Gasteiger partial charge < -0.3 is 15.6 Å². The first-order valence-corrected chi connectivity index (χ1v) is 5.75. The average molecular weight is 244 g/mol. The van der Waals surface area contributed by atoms with Crippen molar-refractivity contribution in [1.82, 2.24) is 0 Å². The normalized spacial score (nSPS) is 14.6. The highest BCUT2D eigenvalue weighted by atomic mass is 35.5. The molecule has 1 rings (SSSR count). The van der Waals surface area contributed by atoms with Crippen LogP contribution in [0.1, 0.15) is 31.4 Å². The summed E-state index contributed by atoms with van der Waals surface area (Å²) in [5, 5.41) is 10.4. The Balaban J connectivity index is 2.87. The number of benzene rings is 1. The molecule has 0 aliphatic carbocycles. The molecule has 1 aromatic rings. The monoisotopic (exact) mass is 243 g/mol. The summed E-state index contributed by atoms with van der Waals surface area (Å²) in [4.78, 5) is 0. The number of aliphatic hydroxyl groups excluding tert-OH is 1. The van der Waals surface area contributed by atoms with E-state index in [0.717, 1.165) is 12.0 Å². The molecule has 1 aromatic carbocycles. The van der Waals surface area contributed by atoms with Crippen molar-refractivity contribution in [2.24, 2.45) is 5.73 Å². The van der Waals surface area contributed by atoms with Crippen LogP contribution in [0.5, 0.6) is 5.75 Å². The Kier molecular flexibility index (Phi) is 5.06. The standard InChI is InChI=1S/C12H18ClNO2/c1-3-4-10(15)12(14)8-5-6-9(13)11(7-8)16-2/h5-7,10,12,15H,3-4,14H2,1-2H3/t10-,12+/m0/s1. The highest BCUT2D eigenvalue weighted by Crippen LogP contribution is 2.28. The number of aliphatic hydroxyl groups is 1. The number of methoxy groups -OCH3 is 1. The van der Waals surface area contributed by atoms with Crippen LogP contribution in [-0.2, 0) is 0 Å². The Hall–Kier alpha value is -0.770. The maximum atomic E-state index is 9.81. The highest BCUT2D eigenvalue weighted by Gasteiger charge is 2.17. The van der Waals surface area contributed by atoms with Gasteiger partial charge in [-0.05, 0) is 24.1 Å². The van der Waals surface area contributed by atoms with Gasteiger partial charge in [-0.2, -0.15) is 0 Å². The van der Waals surface area contributed by atoms with Gasteiger partial charge in [0.15, 0.2) is 0 Å². The van der Waals surface area contributed by atoms with Crippen molar-refractivity contribution in [3.8, 4) is 5.75 Å². The van der Waals surface area contributed by atoms with Crippen LogP contribution in [0.15, 0.2) is 18.2 Å². The number of hydrogen-bond acceptors (Lipinski definition) is 3. The Morgan fingerprint density at radius 2 is 2.19 bits per heavy atom. The van der Waals surface area contributed by atoms with E-state index in [4.69, 9.17) is 22.1 Å². The summed E-state index contributed by atoms with van der Waals surface area (Å²) < 4.78 is 5.11. The predicted octanol–water partition coefficient (Wildman–Crippen LogP) is 2.51. The molecule has 16 heavy (non-hydrogen) atoms. The second-order valence-electron chi connectivity index (χ2n) is 3.78. The van der Waals surface area contributed by atoms with Crippen LogP contribution >= 0.6 is 11.6 Å². The summed E-state index contributed by atoms with van der Waals surface area (Å²) in [6, 6.07) is 4.92. The third-order valence-electron chi connectivity index (χ3n) is 2.56. The van der Waals surface area contributed by atoms with E-state index in [9.17, 15) is 5.11 Å². The van der Waals surface area contributed by atoms with Crippen molar-refractivity contribution < 1.29 is 9.84 Å². The maximum Gasteiger partial charge on any atom is 0.137 e. The summed E-state index contributed by atoms with van der Waals surface area (Å²) in [5.41, 5.74) is 6.78. The molecule has 0 radical (unpaired) electrons. The fraction of sp³-hybridized carbons (Fsp3) is 0.500. The van der Waals surface area contributed by atoms with Crippen LogP contribution in [0.2, 0.25) is 5.02 Å². The molecule has 0 aromatic heterocycles.